The lowest BCUT2D eigenvalue weighted by Crippen LogP contribution is -2.21. The lowest BCUT2D eigenvalue weighted by Gasteiger charge is -2.07. The summed E-state index contributed by atoms with van der Waals surface area (Å²) in [6, 6.07) is 9.15. The van der Waals surface area contributed by atoms with Gasteiger partial charge in [-0.15, -0.1) is 0 Å². The summed E-state index contributed by atoms with van der Waals surface area (Å²) in [6.45, 7) is 1.75. The van der Waals surface area contributed by atoms with Gasteiger partial charge in [-0.2, -0.15) is 0 Å². The van der Waals surface area contributed by atoms with Crippen LogP contribution in [0.15, 0.2) is 35.1 Å². The van der Waals surface area contributed by atoms with Gasteiger partial charge in [-0.25, -0.2) is 4.68 Å². The summed E-state index contributed by atoms with van der Waals surface area (Å²) in [5, 5.41) is 8.83. The molecule has 0 unspecified atom stereocenters. The lowest BCUT2D eigenvalue weighted by atomic mass is 10.2. The highest BCUT2D eigenvalue weighted by Crippen LogP contribution is 2.10. The van der Waals surface area contributed by atoms with Gasteiger partial charge in [-0.3, -0.25) is 14.3 Å². The Labute approximate surface area is 104 Å². The number of carboxylic acid groups (broad SMARTS) is 1. The van der Waals surface area contributed by atoms with Crippen molar-refractivity contribution in [2.24, 2.45) is 7.05 Å². The zero-order chi connectivity index (χ0) is 13.3. The molecule has 0 bridgehead atoms. The molecular weight excluding hydrogens is 232 g/mol. The molecule has 0 saturated carbocycles. The maximum absolute atomic E-state index is 12.2. The van der Waals surface area contributed by atoms with E-state index in [0.29, 0.717) is 11.3 Å². The molecule has 0 radical (unpaired) electrons. The summed E-state index contributed by atoms with van der Waals surface area (Å²) in [6.07, 6.45) is -0.252. The molecule has 0 aliphatic rings. The van der Waals surface area contributed by atoms with Crippen LogP contribution in [0.5, 0.6) is 0 Å². The second kappa shape index (κ2) is 4.52. The quantitative estimate of drug-likeness (QED) is 0.882. The fourth-order valence-electron chi connectivity index (χ4n) is 1.98. The van der Waals surface area contributed by atoms with E-state index in [2.05, 4.69) is 0 Å². The minimum atomic E-state index is -0.999. The van der Waals surface area contributed by atoms with E-state index in [1.165, 1.54) is 4.68 Å². The smallest absolute Gasteiger partial charge is 0.308 e. The first-order valence-electron chi connectivity index (χ1n) is 5.57. The van der Waals surface area contributed by atoms with E-state index in [-0.39, 0.29) is 12.0 Å². The van der Waals surface area contributed by atoms with Gasteiger partial charge in [0, 0.05) is 12.7 Å². The van der Waals surface area contributed by atoms with Crippen LogP contribution in [0.2, 0.25) is 0 Å². The molecule has 5 heteroatoms. The van der Waals surface area contributed by atoms with Crippen molar-refractivity contribution < 1.29 is 9.90 Å². The highest BCUT2D eigenvalue weighted by molar-refractivity contribution is 5.70. The highest BCUT2D eigenvalue weighted by Gasteiger charge is 2.17. The molecule has 94 valence electrons. The first-order valence-corrected chi connectivity index (χ1v) is 5.57. The van der Waals surface area contributed by atoms with Crippen LogP contribution in [0, 0.1) is 6.92 Å². The van der Waals surface area contributed by atoms with Crippen LogP contribution in [0.1, 0.15) is 11.3 Å². The number of carboxylic acids is 1. The summed E-state index contributed by atoms with van der Waals surface area (Å²) in [5.41, 5.74) is 1.45. The monoisotopic (exact) mass is 246 g/mol. The SMILES string of the molecule is Cc1c(CC(=O)O)c(=O)n(-c2ccccc2)n1C. The summed E-state index contributed by atoms with van der Waals surface area (Å²) in [5.74, 6) is -0.999. The van der Waals surface area contributed by atoms with Crippen LogP contribution in [-0.2, 0) is 18.3 Å². The Morgan fingerprint density at radius 1 is 1.28 bits per heavy atom. The fraction of sp³-hybridized carbons (Fsp3) is 0.231. The van der Waals surface area contributed by atoms with Crippen LogP contribution in [0.3, 0.4) is 0 Å². The number of para-hydroxylation sites is 1. The van der Waals surface area contributed by atoms with Gasteiger partial charge >= 0.3 is 5.97 Å². The van der Waals surface area contributed by atoms with Gasteiger partial charge in [0.25, 0.3) is 5.56 Å². The number of hydrogen-bond acceptors (Lipinski definition) is 2. The molecule has 0 fully saturated rings. The van der Waals surface area contributed by atoms with E-state index in [1.807, 2.05) is 30.3 Å². The van der Waals surface area contributed by atoms with Crippen LogP contribution >= 0.6 is 0 Å². The van der Waals surface area contributed by atoms with Gasteiger partial charge in [0.1, 0.15) is 0 Å². The van der Waals surface area contributed by atoms with Crippen molar-refractivity contribution in [1.82, 2.24) is 9.36 Å². The second-order valence-electron chi connectivity index (χ2n) is 4.11. The van der Waals surface area contributed by atoms with E-state index in [4.69, 9.17) is 5.11 Å². The fourth-order valence-corrected chi connectivity index (χ4v) is 1.98. The van der Waals surface area contributed by atoms with Crippen molar-refractivity contribution in [2.45, 2.75) is 13.3 Å². The first kappa shape index (κ1) is 12.2. The molecule has 0 atom stereocenters. The Balaban J connectivity index is 2.64. The van der Waals surface area contributed by atoms with Crippen molar-refractivity contribution in [3.63, 3.8) is 0 Å². The minimum Gasteiger partial charge on any atom is -0.481 e. The van der Waals surface area contributed by atoms with Gasteiger partial charge in [0.2, 0.25) is 0 Å². The molecular formula is C13H14N2O3. The number of benzene rings is 1. The van der Waals surface area contributed by atoms with E-state index in [1.54, 1.807) is 18.7 Å². The topological polar surface area (TPSA) is 64.2 Å². The van der Waals surface area contributed by atoms with Crippen molar-refractivity contribution in [3.8, 4) is 5.69 Å². The van der Waals surface area contributed by atoms with Gasteiger partial charge in [0.05, 0.1) is 17.7 Å². The number of aromatic nitrogens is 2. The third kappa shape index (κ3) is 1.95. The van der Waals surface area contributed by atoms with Crippen molar-refractivity contribution in [1.29, 1.82) is 0 Å². The van der Waals surface area contributed by atoms with Crippen molar-refractivity contribution in [2.75, 3.05) is 0 Å². The maximum Gasteiger partial charge on any atom is 0.308 e. The molecule has 18 heavy (non-hydrogen) atoms. The second-order valence-corrected chi connectivity index (χ2v) is 4.11. The average molecular weight is 246 g/mol. The zero-order valence-electron chi connectivity index (χ0n) is 10.3. The van der Waals surface area contributed by atoms with Gasteiger partial charge in [-0.1, -0.05) is 18.2 Å². The van der Waals surface area contributed by atoms with Crippen LogP contribution in [-0.4, -0.2) is 20.4 Å². The molecule has 1 heterocycles. The van der Waals surface area contributed by atoms with Crippen LogP contribution in [0.25, 0.3) is 5.69 Å². The summed E-state index contributed by atoms with van der Waals surface area (Å²) < 4.78 is 3.16. The van der Waals surface area contributed by atoms with E-state index < -0.39 is 5.97 Å². The maximum atomic E-state index is 12.2. The van der Waals surface area contributed by atoms with Gasteiger partial charge in [0.15, 0.2) is 0 Å². The largest absolute Gasteiger partial charge is 0.481 e. The predicted molar refractivity (Wildman–Crippen MR) is 67.1 cm³/mol. The Bertz CT molecular complexity index is 638. The van der Waals surface area contributed by atoms with E-state index in [9.17, 15) is 9.59 Å². The Morgan fingerprint density at radius 2 is 1.89 bits per heavy atom. The number of hydrogen-bond donors (Lipinski definition) is 1. The van der Waals surface area contributed by atoms with Gasteiger partial charge in [-0.05, 0) is 19.1 Å². The molecule has 0 spiro atoms. The Morgan fingerprint density at radius 3 is 2.44 bits per heavy atom. The standard InChI is InChI=1S/C13H14N2O3/c1-9-11(8-12(16)17)13(18)15(14(9)2)10-6-4-3-5-7-10/h3-7H,8H2,1-2H3,(H,16,17). The summed E-state index contributed by atoms with van der Waals surface area (Å²) in [7, 11) is 1.75. The van der Waals surface area contributed by atoms with Crippen LogP contribution < -0.4 is 5.56 Å². The molecule has 0 aliphatic carbocycles. The Hall–Kier alpha value is -2.30. The predicted octanol–water partition coefficient (Wildman–Crippen LogP) is 1.11. The third-order valence-electron chi connectivity index (χ3n) is 3.00. The zero-order valence-corrected chi connectivity index (χ0v) is 10.3. The number of aliphatic carboxylic acids is 1. The summed E-state index contributed by atoms with van der Waals surface area (Å²) >= 11 is 0. The molecule has 2 rings (SSSR count). The van der Waals surface area contributed by atoms with Gasteiger partial charge < -0.3 is 5.11 Å². The molecule has 0 amide bonds. The first-order chi connectivity index (χ1) is 8.52. The molecule has 1 aromatic heterocycles. The average Bonchev–Trinajstić information content (AvgIpc) is 2.54. The van der Waals surface area contributed by atoms with Crippen molar-refractivity contribution in [3.05, 3.63) is 51.9 Å². The normalized spacial score (nSPS) is 10.6. The molecule has 5 nitrogen and oxygen atoms in total. The Kier molecular flexibility index (Phi) is 3.06. The number of rotatable bonds is 3. The highest BCUT2D eigenvalue weighted by atomic mass is 16.4. The minimum absolute atomic E-state index is 0.252. The molecule has 1 aromatic carbocycles. The van der Waals surface area contributed by atoms with Crippen LogP contribution in [0.4, 0.5) is 0 Å². The van der Waals surface area contributed by atoms with Crippen molar-refractivity contribution >= 4 is 5.97 Å². The number of carbonyl (C=O) groups is 1. The summed E-state index contributed by atoms with van der Waals surface area (Å²) in [4.78, 5) is 23.0. The lowest BCUT2D eigenvalue weighted by molar-refractivity contribution is -0.136. The molecule has 2 aromatic rings. The third-order valence-corrected chi connectivity index (χ3v) is 3.00. The van der Waals surface area contributed by atoms with E-state index >= 15 is 0 Å². The molecule has 1 N–H and O–H groups in total. The molecule has 0 aliphatic heterocycles. The molecule has 0 saturated heterocycles. The number of nitrogens with zero attached hydrogens (tertiary/aromatic N) is 2. The van der Waals surface area contributed by atoms with E-state index in [0.717, 1.165) is 5.69 Å².